The van der Waals surface area contributed by atoms with E-state index in [1.807, 2.05) is 35.3 Å². The van der Waals surface area contributed by atoms with Gasteiger partial charge in [-0.1, -0.05) is 83.8 Å². The average Bonchev–Trinajstić information content (AvgIpc) is 3.03. The van der Waals surface area contributed by atoms with Crippen LogP contribution in [-0.2, 0) is 21.8 Å². The summed E-state index contributed by atoms with van der Waals surface area (Å²) in [4.78, 5) is 16.5. The van der Waals surface area contributed by atoms with Crippen LogP contribution in [0, 0.1) is 0 Å². The van der Waals surface area contributed by atoms with Crippen molar-refractivity contribution in [2.45, 2.75) is 58.7 Å². The van der Waals surface area contributed by atoms with Crippen molar-refractivity contribution in [2.75, 3.05) is 0 Å². The quantitative estimate of drug-likeness (QED) is 0.181. The lowest BCUT2D eigenvalue weighted by Crippen LogP contribution is -2.10. The van der Waals surface area contributed by atoms with Crippen molar-refractivity contribution >= 4 is 57.1 Å². The number of hydrogen-bond donors (Lipinski definition) is 0. The van der Waals surface area contributed by atoms with Gasteiger partial charge in [-0.05, 0) is 97.1 Å². The van der Waals surface area contributed by atoms with Crippen molar-refractivity contribution in [1.82, 2.24) is 0 Å². The minimum atomic E-state index is -0.0860. The summed E-state index contributed by atoms with van der Waals surface area (Å²) >= 11 is 5.62. The van der Waals surface area contributed by atoms with E-state index in [9.17, 15) is 0 Å². The van der Waals surface area contributed by atoms with Crippen LogP contribution >= 0.6 is 35.3 Å². The summed E-state index contributed by atoms with van der Waals surface area (Å²) in [6.45, 7) is 0. The molecular weight excluding hydrogens is 593 g/mol. The second kappa shape index (κ2) is 11.0. The Balaban J connectivity index is 1.07. The molecule has 0 amide bonds. The summed E-state index contributed by atoms with van der Waals surface area (Å²) in [5, 5.41) is 0. The molecule has 0 atom stereocenters. The summed E-state index contributed by atoms with van der Waals surface area (Å²) in [6, 6.07) is 54.0. The third kappa shape index (κ3) is 4.84. The van der Waals surface area contributed by atoms with E-state index in [1.54, 1.807) is 0 Å². The van der Waals surface area contributed by atoms with Crippen LogP contribution in [0.25, 0.3) is 0 Å². The van der Waals surface area contributed by atoms with Gasteiger partial charge in [0.2, 0.25) is 0 Å². The van der Waals surface area contributed by atoms with Crippen LogP contribution in [0.5, 0.6) is 0 Å². The molecule has 0 radical (unpaired) electrons. The molecule has 2 heterocycles. The van der Waals surface area contributed by atoms with Gasteiger partial charge in [-0.25, -0.2) is 0 Å². The minimum Gasteiger partial charge on any atom is -0.0901 e. The zero-order valence-electron chi connectivity index (χ0n) is 21.9. The molecule has 0 fully saturated rings. The Hall–Kier alpha value is -2.93. The molecule has 2 aliphatic heterocycles. The van der Waals surface area contributed by atoms with Gasteiger partial charge in [0, 0.05) is 9.79 Å². The van der Waals surface area contributed by atoms with Crippen LogP contribution in [0.1, 0.15) is 0 Å². The highest BCUT2D eigenvalue weighted by molar-refractivity contribution is 8.04. The molecule has 0 aromatic heterocycles. The lowest BCUT2D eigenvalue weighted by atomic mass is 10.3. The highest BCUT2D eigenvalue weighted by Gasteiger charge is 2.39. The normalized spacial score (nSPS) is 14.0. The van der Waals surface area contributed by atoms with E-state index in [4.69, 9.17) is 0 Å². The largest absolute Gasteiger partial charge is 0.180 e. The minimum absolute atomic E-state index is 0.0860. The lowest BCUT2D eigenvalue weighted by molar-refractivity contribution is 1.12. The van der Waals surface area contributed by atoms with Gasteiger partial charge < -0.3 is 0 Å². The smallest absolute Gasteiger partial charge is 0.0901 e. The fourth-order valence-corrected chi connectivity index (χ4v) is 13.5. The molecule has 6 aromatic rings. The first-order valence-corrected chi connectivity index (χ1v) is 18.3. The molecule has 0 bridgehead atoms. The Morgan fingerprint density at radius 3 is 0.951 bits per heavy atom. The third-order valence-electron chi connectivity index (χ3n) is 7.07. The Labute approximate surface area is 259 Å². The van der Waals surface area contributed by atoms with Crippen molar-refractivity contribution in [3.05, 3.63) is 146 Å². The maximum Gasteiger partial charge on any atom is 0.180 e. The molecule has 0 spiro atoms. The molecule has 0 unspecified atom stereocenters. The first kappa shape index (κ1) is 25.8. The predicted octanol–water partition coefficient (Wildman–Crippen LogP) is 11.0. The first-order chi connectivity index (χ1) is 20.3. The van der Waals surface area contributed by atoms with Crippen molar-refractivity contribution in [2.24, 2.45) is 0 Å². The highest BCUT2D eigenvalue weighted by Crippen LogP contribution is 2.49. The van der Waals surface area contributed by atoms with Crippen LogP contribution < -0.4 is 0 Å². The second-order valence-corrected chi connectivity index (χ2v) is 16.9. The average molecular weight is 617 g/mol. The summed E-state index contributed by atoms with van der Waals surface area (Å²) in [7, 11) is -0.172. The number of rotatable bonds is 4. The molecular formula is C36H24S5+2. The number of hydrogen-bond acceptors (Lipinski definition) is 3. The molecule has 196 valence electrons. The molecule has 0 N–H and O–H groups in total. The van der Waals surface area contributed by atoms with Gasteiger partial charge in [0.15, 0.2) is 29.4 Å². The van der Waals surface area contributed by atoms with Crippen LogP contribution in [0.2, 0.25) is 0 Å². The second-order valence-electron chi connectivity index (χ2n) is 9.65. The predicted molar refractivity (Wildman–Crippen MR) is 175 cm³/mol. The maximum absolute atomic E-state index is 2.33. The van der Waals surface area contributed by atoms with Gasteiger partial charge in [0.1, 0.15) is 21.8 Å². The van der Waals surface area contributed by atoms with E-state index in [0.29, 0.717) is 0 Å². The summed E-state index contributed by atoms with van der Waals surface area (Å²) < 4.78 is 0. The van der Waals surface area contributed by atoms with Gasteiger partial charge in [-0.2, -0.15) is 0 Å². The summed E-state index contributed by atoms with van der Waals surface area (Å²) in [5.74, 6) is 0. The fourth-order valence-electron chi connectivity index (χ4n) is 5.22. The van der Waals surface area contributed by atoms with E-state index < -0.39 is 0 Å². The highest BCUT2D eigenvalue weighted by atomic mass is 32.2. The molecule has 0 aliphatic carbocycles. The molecule has 2 aliphatic rings. The lowest BCUT2D eigenvalue weighted by Gasteiger charge is -2.19. The van der Waals surface area contributed by atoms with Crippen molar-refractivity contribution in [3.8, 4) is 0 Å². The van der Waals surface area contributed by atoms with Gasteiger partial charge in [-0.15, -0.1) is 0 Å². The number of benzene rings is 6. The zero-order chi connectivity index (χ0) is 27.2. The van der Waals surface area contributed by atoms with E-state index in [2.05, 4.69) is 146 Å². The molecule has 6 aromatic carbocycles. The van der Waals surface area contributed by atoms with Gasteiger partial charge >= 0.3 is 0 Å². The summed E-state index contributed by atoms with van der Waals surface area (Å²) in [5.41, 5.74) is 0. The molecule has 5 heteroatoms. The Morgan fingerprint density at radius 2 is 0.634 bits per heavy atom. The molecule has 0 nitrogen and oxygen atoms in total. The Bertz CT molecular complexity index is 1650. The Morgan fingerprint density at radius 1 is 0.341 bits per heavy atom. The molecule has 0 saturated carbocycles. The van der Waals surface area contributed by atoms with Crippen molar-refractivity contribution in [1.29, 1.82) is 0 Å². The molecule has 41 heavy (non-hydrogen) atoms. The van der Waals surface area contributed by atoms with Gasteiger partial charge in [-0.3, -0.25) is 0 Å². The summed E-state index contributed by atoms with van der Waals surface area (Å²) in [6.07, 6.45) is 0. The van der Waals surface area contributed by atoms with Gasteiger partial charge in [0.05, 0.1) is 19.6 Å². The molecule has 8 rings (SSSR count). The third-order valence-corrected chi connectivity index (χ3v) is 15.6. The van der Waals surface area contributed by atoms with Crippen LogP contribution in [0.4, 0.5) is 0 Å². The SMILES string of the molecule is c1ccc2c(c1)Sc1ccccc1[S+]2c1ccc(Sc2ccc([S+]3c4ccccc4Sc4ccccc43)cc2)cc1. The van der Waals surface area contributed by atoms with E-state index in [0.717, 1.165) is 0 Å². The van der Waals surface area contributed by atoms with Crippen molar-refractivity contribution < 1.29 is 0 Å². The van der Waals surface area contributed by atoms with Crippen LogP contribution in [-0.4, -0.2) is 0 Å². The van der Waals surface area contributed by atoms with Crippen LogP contribution in [0.3, 0.4) is 0 Å². The standard InChI is InChI=1S/C36H24S5/c1-5-13-33-29(9-1)38-30-10-2-6-14-34(30)40(33)27-21-17-25(18-22-27)37-26-19-23-28(24-20-26)41-35-15-7-3-11-31(35)39-32-12-4-8-16-36(32)41/h1-24H/q+2. The maximum atomic E-state index is 2.33. The van der Waals surface area contributed by atoms with Crippen molar-refractivity contribution in [3.63, 3.8) is 0 Å². The van der Waals surface area contributed by atoms with E-state index >= 15 is 0 Å². The van der Waals surface area contributed by atoms with Gasteiger partial charge in [0.25, 0.3) is 0 Å². The van der Waals surface area contributed by atoms with Crippen LogP contribution in [0.15, 0.2) is 204 Å². The fraction of sp³-hybridized carbons (Fsp3) is 0. The van der Waals surface area contributed by atoms with E-state index in [1.165, 1.54) is 58.7 Å². The monoisotopic (exact) mass is 616 g/mol. The number of fused-ring (bicyclic) bond motifs is 4. The molecule has 0 saturated heterocycles. The zero-order valence-corrected chi connectivity index (χ0v) is 26.0. The topological polar surface area (TPSA) is 0 Å². The first-order valence-electron chi connectivity index (χ1n) is 13.4. The Kier molecular flexibility index (Phi) is 6.94. The van der Waals surface area contributed by atoms with E-state index in [-0.39, 0.29) is 21.8 Å².